The Kier molecular flexibility index (Phi) is 4.83. The molecule has 1 aromatic carbocycles. The number of aryl methyl sites for hydroxylation is 1. The predicted molar refractivity (Wildman–Crippen MR) is 91.4 cm³/mol. The maximum Gasteiger partial charge on any atom is 0.259 e. The standard InChI is InChI=1S/C18H19FN4O2/c1-21(11-12-25-15-7-5-14(19)6-8-15)18(24)16-13-20-22(2)17(16)23-9-3-4-10-23/h3-10,13H,11-12H2,1-2H3. The van der Waals surface area contributed by atoms with Crippen molar-refractivity contribution in [2.45, 2.75) is 0 Å². The van der Waals surface area contributed by atoms with Gasteiger partial charge in [-0.25, -0.2) is 4.39 Å². The van der Waals surface area contributed by atoms with E-state index in [0.717, 1.165) is 0 Å². The molecule has 0 saturated heterocycles. The van der Waals surface area contributed by atoms with Crippen LogP contribution in [0.3, 0.4) is 0 Å². The molecule has 0 spiro atoms. The average molecular weight is 342 g/mol. The Bertz CT molecular complexity index is 841. The molecule has 0 aliphatic carbocycles. The largest absolute Gasteiger partial charge is 0.492 e. The van der Waals surface area contributed by atoms with Crippen molar-refractivity contribution in [3.63, 3.8) is 0 Å². The van der Waals surface area contributed by atoms with Crippen molar-refractivity contribution >= 4 is 5.91 Å². The zero-order valence-electron chi connectivity index (χ0n) is 14.1. The highest BCUT2D eigenvalue weighted by Crippen LogP contribution is 2.16. The van der Waals surface area contributed by atoms with E-state index in [2.05, 4.69) is 5.10 Å². The van der Waals surface area contributed by atoms with Gasteiger partial charge >= 0.3 is 0 Å². The summed E-state index contributed by atoms with van der Waals surface area (Å²) in [5.74, 6) is 0.825. The quantitative estimate of drug-likeness (QED) is 0.692. The number of hydrogen-bond donors (Lipinski definition) is 0. The fourth-order valence-electron chi connectivity index (χ4n) is 2.50. The molecule has 7 heteroatoms. The molecular weight excluding hydrogens is 323 g/mol. The molecule has 0 unspecified atom stereocenters. The second-order valence-corrected chi connectivity index (χ2v) is 5.62. The summed E-state index contributed by atoms with van der Waals surface area (Å²) < 4.78 is 21.9. The Hall–Kier alpha value is -3.09. The third-order valence-corrected chi connectivity index (χ3v) is 3.84. The minimum Gasteiger partial charge on any atom is -0.492 e. The molecule has 25 heavy (non-hydrogen) atoms. The van der Waals surface area contributed by atoms with Gasteiger partial charge in [0.15, 0.2) is 0 Å². The van der Waals surface area contributed by atoms with E-state index in [-0.39, 0.29) is 11.7 Å². The van der Waals surface area contributed by atoms with E-state index in [1.54, 1.807) is 42.0 Å². The number of hydrogen-bond acceptors (Lipinski definition) is 3. The zero-order chi connectivity index (χ0) is 17.8. The Labute approximate surface area is 145 Å². The van der Waals surface area contributed by atoms with Gasteiger partial charge < -0.3 is 14.2 Å². The van der Waals surface area contributed by atoms with Crippen molar-refractivity contribution in [3.05, 3.63) is 66.4 Å². The molecule has 0 aliphatic heterocycles. The van der Waals surface area contributed by atoms with Gasteiger partial charge in [-0.1, -0.05) is 0 Å². The molecule has 6 nitrogen and oxygen atoms in total. The van der Waals surface area contributed by atoms with Gasteiger partial charge in [0.2, 0.25) is 0 Å². The summed E-state index contributed by atoms with van der Waals surface area (Å²) >= 11 is 0. The second-order valence-electron chi connectivity index (χ2n) is 5.62. The van der Waals surface area contributed by atoms with Crippen molar-refractivity contribution in [2.24, 2.45) is 7.05 Å². The number of carbonyl (C=O) groups excluding carboxylic acids is 1. The number of carbonyl (C=O) groups is 1. The lowest BCUT2D eigenvalue weighted by atomic mass is 10.3. The summed E-state index contributed by atoms with van der Waals surface area (Å²) in [5, 5.41) is 4.19. The Morgan fingerprint density at radius 1 is 1.24 bits per heavy atom. The third-order valence-electron chi connectivity index (χ3n) is 3.84. The third kappa shape index (κ3) is 3.71. The van der Waals surface area contributed by atoms with Gasteiger partial charge in [0.05, 0.1) is 12.7 Å². The van der Waals surface area contributed by atoms with Gasteiger partial charge in [0.1, 0.15) is 29.6 Å². The summed E-state index contributed by atoms with van der Waals surface area (Å²) in [4.78, 5) is 14.3. The van der Waals surface area contributed by atoms with E-state index in [0.29, 0.717) is 30.3 Å². The first-order valence-corrected chi connectivity index (χ1v) is 7.85. The van der Waals surface area contributed by atoms with Crippen LogP contribution < -0.4 is 4.74 Å². The van der Waals surface area contributed by atoms with Gasteiger partial charge in [-0.2, -0.15) is 5.10 Å². The molecule has 3 aromatic rings. The zero-order valence-corrected chi connectivity index (χ0v) is 14.1. The highest BCUT2D eigenvalue weighted by Gasteiger charge is 2.20. The predicted octanol–water partition coefficient (Wildman–Crippen LogP) is 2.50. The van der Waals surface area contributed by atoms with E-state index in [4.69, 9.17) is 4.74 Å². The van der Waals surface area contributed by atoms with E-state index in [1.807, 2.05) is 29.1 Å². The Morgan fingerprint density at radius 3 is 2.60 bits per heavy atom. The highest BCUT2D eigenvalue weighted by atomic mass is 19.1. The Morgan fingerprint density at radius 2 is 1.92 bits per heavy atom. The van der Waals surface area contributed by atoms with E-state index in [1.165, 1.54) is 12.1 Å². The van der Waals surface area contributed by atoms with Crippen LogP contribution in [0, 0.1) is 5.82 Å². The van der Waals surface area contributed by atoms with Crippen LogP contribution in [0.15, 0.2) is 55.0 Å². The molecule has 0 bridgehead atoms. The lowest BCUT2D eigenvalue weighted by molar-refractivity contribution is 0.0773. The van der Waals surface area contributed by atoms with Crippen molar-refractivity contribution in [2.75, 3.05) is 20.2 Å². The molecule has 2 heterocycles. The average Bonchev–Trinajstić information content (AvgIpc) is 3.25. The summed E-state index contributed by atoms with van der Waals surface area (Å²) in [5.41, 5.74) is 0.517. The molecule has 1 amide bonds. The number of amides is 1. The first kappa shape index (κ1) is 16.8. The molecule has 130 valence electrons. The van der Waals surface area contributed by atoms with E-state index >= 15 is 0 Å². The summed E-state index contributed by atoms with van der Waals surface area (Å²) in [6, 6.07) is 9.57. The van der Waals surface area contributed by atoms with Crippen LogP contribution in [-0.2, 0) is 7.05 Å². The topological polar surface area (TPSA) is 52.3 Å². The van der Waals surface area contributed by atoms with Crippen molar-refractivity contribution in [1.82, 2.24) is 19.2 Å². The van der Waals surface area contributed by atoms with Gasteiger partial charge in [-0.3, -0.25) is 9.48 Å². The molecule has 0 fully saturated rings. The fraction of sp³-hybridized carbons (Fsp3) is 0.222. The first-order chi connectivity index (χ1) is 12.1. The van der Waals surface area contributed by atoms with E-state index in [9.17, 15) is 9.18 Å². The lowest BCUT2D eigenvalue weighted by Crippen LogP contribution is -2.31. The lowest BCUT2D eigenvalue weighted by Gasteiger charge is -2.18. The molecule has 0 N–H and O–H groups in total. The number of nitrogens with zero attached hydrogens (tertiary/aromatic N) is 4. The summed E-state index contributed by atoms with van der Waals surface area (Å²) in [6.45, 7) is 0.712. The summed E-state index contributed by atoms with van der Waals surface area (Å²) in [6.07, 6.45) is 5.30. The van der Waals surface area contributed by atoms with Crippen LogP contribution in [0.5, 0.6) is 5.75 Å². The summed E-state index contributed by atoms with van der Waals surface area (Å²) in [7, 11) is 3.51. The molecule has 0 aliphatic rings. The normalized spacial score (nSPS) is 10.7. The Balaban J connectivity index is 1.64. The maximum absolute atomic E-state index is 12.9. The van der Waals surface area contributed by atoms with Crippen molar-refractivity contribution in [3.8, 4) is 11.6 Å². The van der Waals surface area contributed by atoms with Crippen LogP contribution in [0.2, 0.25) is 0 Å². The van der Waals surface area contributed by atoms with E-state index < -0.39 is 0 Å². The number of rotatable bonds is 6. The van der Waals surface area contributed by atoms with Crippen LogP contribution in [0.1, 0.15) is 10.4 Å². The van der Waals surface area contributed by atoms with Crippen LogP contribution >= 0.6 is 0 Å². The molecule has 0 saturated carbocycles. The van der Waals surface area contributed by atoms with Gasteiger partial charge in [0, 0.05) is 26.5 Å². The number of aromatic nitrogens is 3. The van der Waals surface area contributed by atoms with Gasteiger partial charge in [-0.05, 0) is 36.4 Å². The number of halogens is 1. The molecular formula is C18H19FN4O2. The molecule has 0 radical (unpaired) electrons. The molecule has 3 rings (SSSR count). The monoisotopic (exact) mass is 342 g/mol. The minimum atomic E-state index is -0.311. The molecule has 2 aromatic heterocycles. The van der Waals surface area contributed by atoms with Crippen molar-refractivity contribution in [1.29, 1.82) is 0 Å². The van der Waals surface area contributed by atoms with Crippen LogP contribution in [0.4, 0.5) is 4.39 Å². The maximum atomic E-state index is 12.9. The first-order valence-electron chi connectivity index (χ1n) is 7.85. The second kappa shape index (κ2) is 7.21. The number of ether oxygens (including phenoxy) is 1. The number of benzene rings is 1. The smallest absolute Gasteiger partial charge is 0.259 e. The fourth-order valence-corrected chi connectivity index (χ4v) is 2.50. The van der Waals surface area contributed by atoms with Crippen LogP contribution in [0.25, 0.3) is 5.82 Å². The van der Waals surface area contributed by atoms with Gasteiger partial charge in [-0.15, -0.1) is 0 Å². The SMILES string of the molecule is CN(CCOc1ccc(F)cc1)C(=O)c1cnn(C)c1-n1cccc1. The van der Waals surface area contributed by atoms with Crippen LogP contribution in [-0.4, -0.2) is 45.4 Å². The van der Waals surface area contributed by atoms with Gasteiger partial charge in [0.25, 0.3) is 5.91 Å². The number of likely N-dealkylation sites (N-methyl/N-ethyl adjacent to an activating group) is 1. The molecule has 0 atom stereocenters. The van der Waals surface area contributed by atoms with Crippen molar-refractivity contribution < 1.29 is 13.9 Å². The minimum absolute atomic E-state index is 0.139. The highest BCUT2D eigenvalue weighted by molar-refractivity contribution is 5.96.